The molecule has 0 unspecified atom stereocenters. The van der Waals surface area contributed by atoms with Crippen molar-refractivity contribution in [2.24, 2.45) is 0 Å². The normalized spacial score (nSPS) is 10.6. The molecule has 0 N–H and O–H groups in total. The third-order valence-electron chi connectivity index (χ3n) is 0.727. The third-order valence-corrected chi connectivity index (χ3v) is 0.727. The molecule has 0 aliphatic carbocycles. The maximum atomic E-state index is 11.6. The van der Waals surface area contributed by atoms with Crippen molar-refractivity contribution in [3.8, 4) is 0 Å². The molecule has 0 aromatic heterocycles. The number of halogens is 2. The van der Waals surface area contributed by atoms with Gasteiger partial charge in [-0.05, 0) is 0 Å². The maximum absolute atomic E-state index is 11.6. The Hall–Kier alpha value is -0.920. The lowest BCUT2D eigenvalue weighted by molar-refractivity contribution is 0.194. The summed E-state index contributed by atoms with van der Waals surface area (Å²) in [5.41, 5.74) is -0.185. The molecule has 0 radical (unpaired) electrons. The maximum Gasteiger partial charge on any atom is 0.263 e. The number of hydrogen-bond donors (Lipinski definition) is 0. The Morgan fingerprint density at radius 1 is 1.44 bits per heavy atom. The van der Waals surface area contributed by atoms with E-state index in [0.717, 1.165) is 0 Å². The van der Waals surface area contributed by atoms with Gasteiger partial charge in [0.1, 0.15) is 0 Å². The van der Waals surface area contributed by atoms with Crippen molar-refractivity contribution in [2.75, 3.05) is 0 Å². The second-order valence-electron chi connectivity index (χ2n) is 1.47. The van der Waals surface area contributed by atoms with Crippen LogP contribution in [0.5, 0.6) is 0 Å². The molecule has 0 bridgehead atoms. The molecule has 0 nitrogen and oxygen atoms in total. The Balaban J connectivity index is 3.76. The largest absolute Gasteiger partial charge is 0.263 e. The first-order valence-electron chi connectivity index (χ1n) is 2.44. The first kappa shape index (κ1) is 8.08. The predicted octanol–water partition coefficient (Wildman–Crippen LogP) is 2.55. The summed E-state index contributed by atoms with van der Waals surface area (Å²) in [5, 5.41) is 0. The molecule has 2 heteroatoms. The Labute approximate surface area is 53.2 Å². The zero-order valence-electron chi connectivity index (χ0n) is 4.98. The lowest BCUT2D eigenvalue weighted by Crippen LogP contribution is -1.89. The molecule has 0 saturated heterocycles. The highest BCUT2D eigenvalue weighted by Crippen LogP contribution is 2.06. The highest BCUT2D eigenvalue weighted by atomic mass is 19.3. The van der Waals surface area contributed by atoms with Gasteiger partial charge in [0.2, 0.25) is 0 Å². The molecule has 0 rings (SSSR count). The Kier molecular flexibility index (Phi) is 3.60. The summed E-state index contributed by atoms with van der Waals surface area (Å²) in [6.45, 7) is 6.43. The van der Waals surface area contributed by atoms with Crippen LogP contribution in [0.3, 0.4) is 0 Å². The second kappa shape index (κ2) is 4.01. The van der Waals surface area contributed by atoms with Crippen LogP contribution in [0.2, 0.25) is 0 Å². The van der Waals surface area contributed by atoms with Gasteiger partial charge < -0.3 is 0 Å². The Morgan fingerprint density at radius 3 is 2.33 bits per heavy atom. The predicted molar refractivity (Wildman–Crippen MR) is 34.5 cm³/mol. The van der Waals surface area contributed by atoms with Gasteiger partial charge in [0.25, 0.3) is 6.43 Å². The quantitative estimate of drug-likeness (QED) is 0.515. The number of alkyl halides is 2. The molecule has 9 heavy (non-hydrogen) atoms. The highest BCUT2D eigenvalue weighted by molar-refractivity contribution is 5.19. The van der Waals surface area contributed by atoms with Gasteiger partial charge in [-0.2, -0.15) is 0 Å². The zero-order valence-corrected chi connectivity index (χ0v) is 4.98. The van der Waals surface area contributed by atoms with Gasteiger partial charge >= 0.3 is 0 Å². The van der Waals surface area contributed by atoms with Crippen LogP contribution in [0.15, 0.2) is 37.0 Å². The minimum absolute atomic E-state index is 0.185. The van der Waals surface area contributed by atoms with Gasteiger partial charge in [0.15, 0.2) is 0 Å². The minimum atomic E-state index is -2.46. The number of allylic oxidation sites excluding steroid dienone is 4. The molecule has 0 amide bonds. The molecule has 50 valence electrons. The van der Waals surface area contributed by atoms with E-state index in [-0.39, 0.29) is 5.57 Å². The van der Waals surface area contributed by atoms with Crippen LogP contribution < -0.4 is 0 Å². The van der Waals surface area contributed by atoms with E-state index < -0.39 is 6.43 Å². The van der Waals surface area contributed by atoms with E-state index in [9.17, 15) is 8.78 Å². The van der Waals surface area contributed by atoms with Gasteiger partial charge in [-0.25, -0.2) is 8.78 Å². The van der Waals surface area contributed by atoms with Crippen LogP contribution in [0.25, 0.3) is 0 Å². The van der Waals surface area contributed by atoms with Crippen molar-refractivity contribution in [1.29, 1.82) is 0 Å². The van der Waals surface area contributed by atoms with Crippen molar-refractivity contribution in [2.45, 2.75) is 6.43 Å². The van der Waals surface area contributed by atoms with Gasteiger partial charge in [0, 0.05) is 5.57 Å². The fourth-order valence-electron chi connectivity index (χ4n) is 0.264. The molecule has 0 spiro atoms. The fraction of sp³-hybridized carbons (Fsp3) is 0.143. The van der Waals surface area contributed by atoms with E-state index in [1.165, 1.54) is 18.2 Å². The molecular formula is C7H8F2. The Bertz CT molecular complexity index is 134. The van der Waals surface area contributed by atoms with E-state index in [1.54, 1.807) is 0 Å². The topological polar surface area (TPSA) is 0 Å². The first-order chi connectivity index (χ1) is 4.18. The Morgan fingerprint density at radius 2 is 2.00 bits per heavy atom. The molecule has 0 aromatic rings. The molecular weight excluding hydrogens is 122 g/mol. The fourth-order valence-corrected chi connectivity index (χ4v) is 0.264. The smallest absolute Gasteiger partial charge is 0.205 e. The lowest BCUT2D eigenvalue weighted by atomic mass is 10.3. The van der Waals surface area contributed by atoms with E-state index >= 15 is 0 Å². The summed E-state index contributed by atoms with van der Waals surface area (Å²) < 4.78 is 23.1. The molecule has 0 aliphatic heterocycles. The van der Waals surface area contributed by atoms with E-state index in [2.05, 4.69) is 13.2 Å². The van der Waals surface area contributed by atoms with E-state index in [1.807, 2.05) is 0 Å². The van der Waals surface area contributed by atoms with Crippen LogP contribution >= 0.6 is 0 Å². The molecule has 0 heterocycles. The monoisotopic (exact) mass is 130 g/mol. The van der Waals surface area contributed by atoms with Gasteiger partial charge in [0.05, 0.1) is 0 Å². The van der Waals surface area contributed by atoms with Gasteiger partial charge in [-0.15, -0.1) is 0 Å². The third kappa shape index (κ3) is 3.64. The molecule has 0 aliphatic rings. The lowest BCUT2D eigenvalue weighted by Gasteiger charge is -1.92. The summed E-state index contributed by atoms with van der Waals surface area (Å²) in [6.07, 6.45) is 1.63. The van der Waals surface area contributed by atoms with Crippen LogP contribution in [0.4, 0.5) is 8.78 Å². The van der Waals surface area contributed by atoms with Crippen LogP contribution in [0, 0.1) is 0 Å². The minimum Gasteiger partial charge on any atom is -0.205 e. The molecule has 0 aromatic carbocycles. The van der Waals surface area contributed by atoms with Crippen LogP contribution in [-0.4, -0.2) is 6.43 Å². The zero-order chi connectivity index (χ0) is 7.28. The van der Waals surface area contributed by atoms with Gasteiger partial charge in [-0.3, -0.25) is 0 Å². The summed E-state index contributed by atoms with van der Waals surface area (Å²) in [4.78, 5) is 0. The van der Waals surface area contributed by atoms with Crippen molar-refractivity contribution >= 4 is 0 Å². The highest BCUT2D eigenvalue weighted by Gasteiger charge is 2.01. The standard InChI is InChI=1S/C7H8F2/c1-3-4-5-6(2)7(8)9/h3-5,7H,1-2H2/b5-4-. The van der Waals surface area contributed by atoms with E-state index in [0.29, 0.717) is 0 Å². The van der Waals surface area contributed by atoms with Crippen molar-refractivity contribution in [1.82, 2.24) is 0 Å². The summed E-state index contributed by atoms with van der Waals surface area (Å²) >= 11 is 0. The van der Waals surface area contributed by atoms with E-state index in [4.69, 9.17) is 0 Å². The molecule has 0 atom stereocenters. The second-order valence-corrected chi connectivity index (χ2v) is 1.47. The summed E-state index contributed by atoms with van der Waals surface area (Å²) in [7, 11) is 0. The van der Waals surface area contributed by atoms with Gasteiger partial charge in [-0.1, -0.05) is 31.4 Å². The SMILES string of the molecule is C=C/C=C\C(=C)C(F)F. The molecule has 0 fully saturated rings. The van der Waals surface area contributed by atoms with Crippen molar-refractivity contribution < 1.29 is 8.78 Å². The van der Waals surface area contributed by atoms with Crippen molar-refractivity contribution in [3.63, 3.8) is 0 Å². The average molecular weight is 130 g/mol. The average Bonchev–Trinajstić information content (AvgIpc) is 1.82. The van der Waals surface area contributed by atoms with Crippen LogP contribution in [-0.2, 0) is 0 Å². The summed E-state index contributed by atoms with van der Waals surface area (Å²) in [5.74, 6) is 0. The summed E-state index contributed by atoms with van der Waals surface area (Å²) in [6, 6.07) is 0. The number of hydrogen-bond acceptors (Lipinski definition) is 0. The van der Waals surface area contributed by atoms with Crippen molar-refractivity contribution in [3.05, 3.63) is 37.0 Å². The first-order valence-corrected chi connectivity index (χ1v) is 2.44. The van der Waals surface area contributed by atoms with Crippen LogP contribution in [0.1, 0.15) is 0 Å². The number of rotatable bonds is 3. The molecule has 0 saturated carbocycles.